The summed E-state index contributed by atoms with van der Waals surface area (Å²) < 4.78 is 16.0. The maximum atomic E-state index is 12.9. The monoisotopic (exact) mass is 327 g/mol. The van der Waals surface area contributed by atoms with Gasteiger partial charge in [-0.15, -0.1) is 0 Å². The molecule has 2 aliphatic heterocycles. The molecule has 0 aliphatic carbocycles. The summed E-state index contributed by atoms with van der Waals surface area (Å²) in [4.78, 5) is 25.6. The Morgan fingerprint density at radius 3 is 2.67 bits per heavy atom. The van der Waals surface area contributed by atoms with Crippen molar-refractivity contribution >= 4 is 17.6 Å². The molecule has 1 N–H and O–H groups in total. The minimum absolute atomic E-state index is 0.0698. The van der Waals surface area contributed by atoms with Crippen LogP contribution in [-0.2, 0) is 4.79 Å². The Bertz CT molecular complexity index is 834. The highest BCUT2D eigenvalue weighted by molar-refractivity contribution is 6.08. The zero-order valence-corrected chi connectivity index (χ0v) is 12.5. The number of carboxylic acid groups (broad SMARTS) is 1. The number of carbonyl (C=O) groups is 2. The Labute approximate surface area is 137 Å². The van der Waals surface area contributed by atoms with Gasteiger partial charge in [-0.2, -0.15) is 0 Å². The third kappa shape index (κ3) is 2.30. The van der Waals surface area contributed by atoms with Crippen LogP contribution < -0.4 is 19.1 Å². The normalized spacial score (nSPS) is 17.8. The molecule has 1 atom stereocenters. The van der Waals surface area contributed by atoms with E-state index in [1.807, 2.05) is 0 Å². The van der Waals surface area contributed by atoms with Gasteiger partial charge in [-0.1, -0.05) is 12.1 Å². The molecule has 7 nitrogen and oxygen atoms in total. The van der Waals surface area contributed by atoms with E-state index in [0.717, 1.165) is 0 Å². The van der Waals surface area contributed by atoms with Crippen molar-refractivity contribution in [2.24, 2.45) is 0 Å². The number of aliphatic carboxylic acids is 1. The van der Waals surface area contributed by atoms with Gasteiger partial charge < -0.3 is 24.2 Å². The fourth-order valence-corrected chi connectivity index (χ4v) is 2.74. The van der Waals surface area contributed by atoms with Gasteiger partial charge in [-0.3, -0.25) is 4.79 Å². The van der Waals surface area contributed by atoms with Crippen molar-refractivity contribution in [3.63, 3.8) is 0 Å². The molecule has 0 aromatic heterocycles. The molecule has 0 saturated heterocycles. The quantitative estimate of drug-likeness (QED) is 0.907. The van der Waals surface area contributed by atoms with Gasteiger partial charge in [0.1, 0.15) is 5.75 Å². The molecule has 2 aromatic carbocycles. The molecule has 0 saturated carbocycles. The molecule has 2 aromatic rings. The molecule has 0 bridgehead atoms. The third-order valence-electron chi connectivity index (χ3n) is 3.91. The van der Waals surface area contributed by atoms with Gasteiger partial charge in [-0.05, 0) is 30.3 Å². The van der Waals surface area contributed by atoms with Gasteiger partial charge in [0.25, 0.3) is 5.91 Å². The van der Waals surface area contributed by atoms with E-state index in [-0.39, 0.29) is 19.2 Å². The highest BCUT2D eigenvalue weighted by Gasteiger charge is 2.34. The topological polar surface area (TPSA) is 85.3 Å². The summed E-state index contributed by atoms with van der Waals surface area (Å²) in [6.45, 7) is 0.0497. The number of anilines is 1. The van der Waals surface area contributed by atoms with Gasteiger partial charge in [0, 0.05) is 5.56 Å². The average molecular weight is 327 g/mol. The van der Waals surface area contributed by atoms with Crippen molar-refractivity contribution < 1.29 is 28.9 Å². The SMILES string of the molecule is O=C(O)[C@H]1CN(C(=O)c2ccc3c(c2)OCO3)c2ccccc2O1. The van der Waals surface area contributed by atoms with E-state index in [4.69, 9.17) is 14.2 Å². The Morgan fingerprint density at radius 2 is 1.83 bits per heavy atom. The zero-order valence-electron chi connectivity index (χ0n) is 12.5. The number of carbonyl (C=O) groups excluding carboxylic acids is 1. The van der Waals surface area contributed by atoms with Crippen LogP contribution in [0.1, 0.15) is 10.4 Å². The second-order valence-electron chi connectivity index (χ2n) is 5.40. The van der Waals surface area contributed by atoms with Crippen molar-refractivity contribution in [1.82, 2.24) is 0 Å². The summed E-state index contributed by atoms with van der Waals surface area (Å²) in [5.41, 5.74) is 0.928. The van der Waals surface area contributed by atoms with Crippen molar-refractivity contribution in [1.29, 1.82) is 0 Å². The lowest BCUT2D eigenvalue weighted by Crippen LogP contribution is -2.47. The van der Waals surface area contributed by atoms with E-state index < -0.39 is 12.1 Å². The molecule has 0 fully saturated rings. The summed E-state index contributed by atoms with van der Waals surface area (Å²) in [6.07, 6.45) is -1.11. The molecule has 7 heteroatoms. The van der Waals surface area contributed by atoms with E-state index in [1.165, 1.54) is 4.90 Å². The molecule has 1 amide bonds. The lowest BCUT2D eigenvalue weighted by Gasteiger charge is -2.33. The highest BCUT2D eigenvalue weighted by atomic mass is 16.7. The summed E-state index contributed by atoms with van der Waals surface area (Å²) >= 11 is 0. The molecule has 2 aliphatic rings. The van der Waals surface area contributed by atoms with Crippen molar-refractivity contribution in [2.75, 3.05) is 18.2 Å². The first kappa shape index (κ1) is 14.4. The number of ether oxygens (including phenoxy) is 3. The number of rotatable bonds is 2. The van der Waals surface area contributed by atoms with Crippen LogP contribution in [0.2, 0.25) is 0 Å². The van der Waals surface area contributed by atoms with Crippen LogP contribution in [0.5, 0.6) is 17.2 Å². The smallest absolute Gasteiger partial charge is 0.346 e. The molecular formula is C17H13NO6. The Kier molecular flexibility index (Phi) is 3.26. The fourth-order valence-electron chi connectivity index (χ4n) is 2.74. The number of hydrogen-bond donors (Lipinski definition) is 1. The van der Waals surface area contributed by atoms with Gasteiger partial charge in [0.15, 0.2) is 11.5 Å². The first-order valence-electron chi connectivity index (χ1n) is 7.33. The van der Waals surface area contributed by atoms with Crippen molar-refractivity contribution in [3.05, 3.63) is 48.0 Å². The molecule has 2 heterocycles. The largest absolute Gasteiger partial charge is 0.478 e. The van der Waals surface area contributed by atoms with E-state index in [2.05, 4.69) is 0 Å². The Balaban J connectivity index is 1.71. The molecule has 4 rings (SSSR count). The summed E-state index contributed by atoms with van der Waals surface area (Å²) in [5.74, 6) is 0.00283. The Hall–Kier alpha value is -3.22. The molecular weight excluding hydrogens is 314 g/mol. The summed E-state index contributed by atoms with van der Waals surface area (Å²) in [5, 5.41) is 9.26. The van der Waals surface area contributed by atoms with Crippen LogP contribution in [-0.4, -0.2) is 36.4 Å². The van der Waals surface area contributed by atoms with Gasteiger partial charge >= 0.3 is 5.97 Å². The van der Waals surface area contributed by atoms with Crippen LogP contribution in [0.25, 0.3) is 0 Å². The average Bonchev–Trinajstić information content (AvgIpc) is 3.07. The maximum absolute atomic E-state index is 12.9. The standard InChI is InChI=1S/C17H13NO6/c19-16(10-5-6-13-14(7-10)23-9-22-13)18-8-15(17(20)21)24-12-4-2-1-3-11(12)18/h1-7,15H,8-9H2,(H,20,21)/t15-/m1/s1. The predicted molar refractivity (Wildman–Crippen MR) is 82.7 cm³/mol. The first-order chi connectivity index (χ1) is 11.6. The number of amides is 1. The van der Waals surface area contributed by atoms with E-state index in [1.54, 1.807) is 42.5 Å². The Morgan fingerprint density at radius 1 is 1.04 bits per heavy atom. The van der Waals surface area contributed by atoms with E-state index in [0.29, 0.717) is 28.5 Å². The summed E-state index contributed by atoms with van der Waals surface area (Å²) in [7, 11) is 0. The fraction of sp³-hybridized carbons (Fsp3) is 0.176. The molecule has 0 spiro atoms. The van der Waals surface area contributed by atoms with Gasteiger partial charge in [0.05, 0.1) is 12.2 Å². The molecule has 0 unspecified atom stereocenters. The number of para-hydroxylation sites is 2. The van der Waals surface area contributed by atoms with Crippen molar-refractivity contribution in [2.45, 2.75) is 6.10 Å². The van der Waals surface area contributed by atoms with Crippen molar-refractivity contribution in [3.8, 4) is 17.2 Å². The second-order valence-corrected chi connectivity index (χ2v) is 5.40. The minimum Gasteiger partial charge on any atom is -0.478 e. The summed E-state index contributed by atoms with van der Waals surface area (Å²) in [6, 6.07) is 11.7. The maximum Gasteiger partial charge on any atom is 0.346 e. The number of nitrogens with zero attached hydrogens (tertiary/aromatic N) is 1. The lowest BCUT2D eigenvalue weighted by atomic mass is 10.1. The highest BCUT2D eigenvalue weighted by Crippen LogP contribution is 2.36. The minimum atomic E-state index is -1.12. The van der Waals surface area contributed by atoms with Crippen LogP contribution in [0.4, 0.5) is 5.69 Å². The van der Waals surface area contributed by atoms with Crippen LogP contribution >= 0.6 is 0 Å². The lowest BCUT2D eigenvalue weighted by molar-refractivity contribution is -0.144. The molecule has 0 radical (unpaired) electrons. The van der Waals surface area contributed by atoms with E-state index >= 15 is 0 Å². The first-order valence-corrected chi connectivity index (χ1v) is 7.33. The van der Waals surface area contributed by atoms with Crippen LogP contribution in [0.15, 0.2) is 42.5 Å². The van der Waals surface area contributed by atoms with Gasteiger partial charge in [-0.25, -0.2) is 4.79 Å². The third-order valence-corrected chi connectivity index (χ3v) is 3.91. The van der Waals surface area contributed by atoms with Gasteiger partial charge in [0.2, 0.25) is 12.9 Å². The number of carboxylic acids is 1. The predicted octanol–water partition coefficient (Wildman–Crippen LogP) is 1.91. The number of benzene rings is 2. The van der Waals surface area contributed by atoms with Crippen LogP contribution in [0.3, 0.4) is 0 Å². The molecule has 122 valence electrons. The van der Waals surface area contributed by atoms with E-state index in [9.17, 15) is 14.7 Å². The zero-order chi connectivity index (χ0) is 16.7. The molecule has 24 heavy (non-hydrogen) atoms. The number of hydrogen-bond acceptors (Lipinski definition) is 5. The second kappa shape index (κ2) is 5.45. The van der Waals surface area contributed by atoms with Crippen LogP contribution in [0, 0.1) is 0 Å². The number of fused-ring (bicyclic) bond motifs is 2.